The van der Waals surface area contributed by atoms with Crippen molar-refractivity contribution in [3.8, 4) is 0 Å². The zero-order valence-corrected chi connectivity index (χ0v) is 10.2. The Hall–Kier alpha value is -1.29. The van der Waals surface area contributed by atoms with Crippen molar-refractivity contribution < 1.29 is 13.9 Å². The molecule has 90 valence electrons. The first kappa shape index (κ1) is 14.7. The maximum absolute atomic E-state index is 12.6. The first-order chi connectivity index (χ1) is 6.87. The molecule has 0 bridgehead atoms. The van der Waals surface area contributed by atoms with Gasteiger partial charge in [-0.2, -0.15) is 0 Å². The maximum atomic E-state index is 12.6. The van der Waals surface area contributed by atoms with Gasteiger partial charge in [0, 0.05) is 5.69 Å². The van der Waals surface area contributed by atoms with Crippen molar-refractivity contribution in [3.05, 3.63) is 30.1 Å². The van der Waals surface area contributed by atoms with Crippen LogP contribution in [-0.4, -0.2) is 11.7 Å². The number of anilines is 1. The second-order valence-corrected chi connectivity index (χ2v) is 4.13. The van der Waals surface area contributed by atoms with E-state index in [-0.39, 0.29) is 18.2 Å². The van der Waals surface area contributed by atoms with E-state index in [2.05, 4.69) is 5.32 Å². The van der Waals surface area contributed by atoms with E-state index in [9.17, 15) is 9.18 Å². The van der Waals surface area contributed by atoms with Gasteiger partial charge in [-0.25, -0.2) is 9.18 Å². The SMILES string of the molecule is CC(C)(C)OC(=O)Nc1ccc(F)cc1.Cl. The Bertz CT molecular complexity index is 346. The third kappa shape index (κ3) is 5.56. The van der Waals surface area contributed by atoms with Crippen LogP contribution in [0.5, 0.6) is 0 Å². The molecule has 1 aromatic carbocycles. The van der Waals surface area contributed by atoms with Crippen molar-refractivity contribution in [2.75, 3.05) is 5.32 Å². The minimum atomic E-state index is -0.547. The number of hydrogen-bond donors (Lipinski definition) is 1. The molecule has 3 nitrogen and oxygen atoms in total. The summed E-state index contributed by atoms with van der Waals surface area (Å²) in [7, 11) is 0. The molecule has 0 saturated carbocycles. The Morgan fingerprint density at radius 2 is 1.75 bits per heavy atom. The van der Waals surface area contributed by atoms with Crippen molar-refractivity contribution in [1.29, 1.82) is 0 Å². The molecule has 0 aliphatic rings. The fourth-order valence-corrected chi connectivity index (χ4v) is 0.955. The topological polar surface area (TPSA) is 38.3 Å². The highest BCUT2D eigenvalue weighted by Crippen LogP contribution is 2.12. The number of carbonyl (C=O) groups excluding carboxylic acids is 1. The zero-order chi connectivity index (χ0) is 11.5. The van der Waals surface area contributed by atoms with Gasteiger partial charge in [-0.15, -0.1) is 12.4 Å². The number of halogens is 2. The van der Waals surface area contributed by atoms with Crippen LogP contribution in [0.15, 0.2) is 24.3 Å². The molecule has 1 N–H and O–H groups in total. The number of rotatable bonds is 1. The van der Waals surface area contributed by atoms with Gasteiger partial charge < -0.3 is 4.74 Å². The lowest BCUT2D eigenvalue weighted by Gasteiger charge is -2.19. The van der Waals surface area contributed by atoms with Crippen molar-refractivity contribution >= 4 is 24.2 Å². The molecule has 0 fully saturated rings. The third-order valence-electron chi connectivity index (χ3n) is 1.49. The van der Waals surface area contributed by atoms with Gasteiger partial charge in [0.1, 0.15) is 11.4 Å². The van der Waals surface area contributed by atoms with Crippen LogP contribution in [0.4, 0.5) is 14.9 Å². The fraction of sp³-hybridized carbons (Fsp3) is 0.364. The van der Waals surface area contributed by atoms with Crippen LogP contribution in [0.1, 0.15) is 20.8 Å². The van der Waals surface area contributed by atoms with E-state index in [0.29, 0.717) is 5.69 Å². The summed E-state index contributed by atoms with van der Waals surface area (Å²) in [6.07, 6.45) is -0.547. The minimum Gasteiger partial charge on any atom is -0.444 e. The molecule has 1 aromatic rings. The van der Waals surface area contributed by atoms with E-state index in [4.69, 9.17) is 4.74 Å². The molecular weight excluding hydrogens is 233 g/mol. The largest absolute Gasteiger partial charge is 0.444 e. The van der Waals surface area contributed by atoms with E-state index in [1.165, 1.54) is 24.3 Å². The number of benzene rings is 1. The summed E-state index contributed by atoms with van der Waals surface area (Å²) in [4.78, 5) is 11.3. The molecule has 0 unspecified atom stereocenters. The molecule has 5 heteroatoms. The molecule has 0 aromatic heterocycles. The zero-order valence-electron chi connectivity index (χ0n) is 9.41. The molecule has 16 heavy (non-hydrogen) atoms. The van der Waals surface area contributed by atoms with Crippen LogP contribution < -0.4 is 5.32 Å². The summed E-state index contributed by atoms with van der Waals surface area (Å²) >= 11 is 0. The van der Waals surface area contributed by atoms with Crippen molar-refractivity contribution in [2.24, 2.45) is 0 Å². The normalized spacial score (nSPS) is 10.2. The number of carbonyl (C=O) groups is 1. The van der Waals surface area contributed by atoms with E-state index in [1.54, 1.807) is 20.8 Å². The van der Waals surface area contributed by atoms with Gasteiger partial charge in [0.15, 0.2) is 0 Å². The summed E-state index contributed by atoms with van der Waals surface area (Å²) in [6.45, 7) is 5.33. The van der Waals surface area contributed by atoms with Crippen molar-refractivity contribution in [3.63, 3.8) is 0 Å². The predicted octanol–water partition coefficient (Wildman–Crippen LogP) is 3.59. The van der Waals surface area contributed by atoms with E-state index in [1.807, 2.05) is 0 Å². The lowest BCUT2D eigenvalue weighted by Crippen LogP contribution is -2.27. The first-order valence-corrected chi connectivity index (χ1v) is 4.62. The molecule has 0 saturated heterocycles. The Morgan fingerprint density at radius 3 is 2.19 bits per heavy atom. The number of nitrogens with one attached hydrogen (secondary N) is 1. The standard InChI is InChI=1S/C11H14FNO2.ClH/c1-11(2,3)15-10(14)13-9-6-4-8(12)5-7-9;/h4-7H,1-3H3,(H,13,14);1H. The molecule has 0 heterocycles. The van der Waals surface area contributed by atoms with Crippen LogP contribution in [0.25, 0.3) is 0 Å². The average Bonchev–Trinajstić information content (AvgIpc) is 2.05. The lowest BCUT2D eigenvalue weighted by atomic mass is 10.2. The molecule has 0 spiro atoms. The van der Waals surface area contributed by atoms with E-state index < -0.39 is 11.7 Å². The monoisotopic (exact) mass is 247 g/mol. The number of amides is 1. The smallest absolute Gasteiger partial charge is 0.412 e. The Balaban J connectivity index is 0.00000225. The molecule has 0 aliphatic heterocycles. The van der Waals surface area contributed by atoms with Crippen LogP contribution in [0.3, 0.4) is 0 Å². The highest BCUT2D eigenvalue weighted by Gasteiger charge is 2.15. The van der Waals surface area contributed by atoms with Crippen LogP contribution in [0.2, 0.25) is 0 Å². The van der Waals surface area contributed by atoms with Gasteiger partial charge in [0.25, 0.3) is 0 Å². The van der Waals surface area contributed by atoms with Crippen molar-refractivity contribution in [1.82, 2.24) is 0 Å². The number of hydrogen-bond acceptors (Lipinski definition) is 2. The molecule has 0 atom stereocenters. The summed E-state index contributed by atoms with van der Waals surface area (Å²) in [5.74, 6) is -0.343. The molecule has 1 rings (SSSR count). The van der Waals surface area contributed by atoms with Gasteiger partial charge in [0.05, 0.1) is 0 Å². The van der Waals surface area contributed by atoms with Gasteiger partial charge >= 0.3 is 6.09 Å². The van der Waals surface area contributed by atoms with Gasteiger partial charge in [-0.05, 0) is 45.0 Å². The Kier molecular flexibility index (Phi) is 5.24. The summed E-state index contributed by atoms with van der Waals surface area (Å²) in [6, 6.07) is 5.48. The second kappa shape index (κ2) is 5.70. The van der Waals surface area contributed by atoms with E-state index in [0.717, 1.165) is 0 Å². The fourth-order valence-electron chi connectivity index (χ4n) is 0.955. The summed E-state index contributed by atoms with van der Waals surface area (Å²) in [5.41, 5.74) is -0.0324. The highest BCUT2D eigenvalue weighted by molar-refractivity contribution is 5.85. The predicted molar refractivity (Wildman–Crippen MR) is 63.5 cm³/mol. The van der Waals surface area contributed by atoms with E-state index >= 15 is 0 Å². The highest BCUT2D eigenvalue weighted by atomic mass is 35.5. The van der Waals surface area contributed by atoms with Gasteiger partial charge in [0.2, 0.25) is 0 Å². The maximum Gasteiger partial charge on any atom is 0.412 e. The molecule has 0 radical (unpaired) electrons. The van der Waals surface area contributed by atoms with Crippen LogP contribution >= 0.6 is 12.4 Å². The molecule has 1 amide bonds. The first-order valence-electron chi connectivity index (χ1n) is 4.62. The molecule has 0 aliphatic carbocycles. The van der Waals surface area contributed by atoms with Crippen LogP contribution in [0, 0.1) is 5.82 Å². The summed E-state index contributed by atoms with van der Waals surface area (Å²) < 4.78 is 17.6. The Morgan fingerprint density at radius 1 is 1.25 bits per heavy atom. The number of ether oxygens (including phenoxy) is 1. The minimum absolute atomic E-state index is 0. The lowest BCUT2D eigenvalue weighted by molar-refractivity contribution is 0.0636. The Labute approximate surface area is 100 Å². The summed E-state index contributed by atoms with van der Waals surface area (Å²) in [5, 5.41) is 2.50. The second-order valence-electron chi connectivity index (χ2n) is 4.13. The molecular formula is C11H15ClFNO2. The third-order valence-corrected chi connectivity index (χ3v) is 1.49. The van der Waals surface area contributed by atoms with Gasteiger partial charge in [-0.1, -0.05) is 0 Å². The quantitative estimate of drug-likeness (QED) is 0.824. The van der Waals surface area contributed by atoms with Crippen molar-refractivity contribution in [2.45, 2.75) is 26.4 Å². The average molecular weight is 248 g/mol. The van der Waals surface area contributed by atoms with Crippen LogP contribution in [-0.2, 0) is 4.74 Å². The van der Waals surface area contributed by atoms with Gasteiger partial charge in [-0.3, -0.25) is 5.32 Å².